The van der Waals surface area contributed by atoms with Gasteiger partial charge in [-0.2, -0.15) is 0 Å². The van der Waals surface area contributed by atoms with Crippen LogP contribution in [0.4, 0.5) is 0 Å². The predicted molar refractivity (Wildman–Crippen MR) is 54.7 cm³/mol. The number of piperidine rings is 1. The van der Waals surface area contributed by atoms with Gasteiger partial charge in [0.05, 0.1) is 12.1 Å². The van der Waals surface area contributed by atoms with Crippen LogP contribution < -0.4 is 5.73 Å². The van der Waals surface area contributed by atoms with Gasteiger partial charge in [-0.1, -0.05) is 13.3 Å². The van der Waals surface area contributed by atoms with E-state index in [1.807, 2.05) is 6.92 Å². The lowest BCUT2D eigenvalue weighted by Crippen LogP contribution is -2.49. The minimum absolute atomic E-state index is 0.00870. The standard InChI is InChI=1S/C10H20N2O2/c1-2-4-9(11)10(14)12-6-3-5-8(13)7-12/h8-9,13H,2-7,11H2,1H3/t8?,9-/m1/s1. The molecular weight excluding hydrogens is 180 g/mol. The average molecular weight is 200 g/mol. The summed E-state index contributed by atoms with van der Waals surface area (Å²) in [4.78, 5) is 13.4. The van der Waals surface area contributed by atoms with E-state index in [0.29, 0.717) is 6.54 Å². The van der Waals surface area contributed by atoms with E-state index in [0.717, 1.165) is 32.2 Å². The van der Waals surface area contributed by atoms with E-state index in [4.69, 9.17) is 5.73 Å². The van der Waals surface area contributed by atoms with Crippen LogP contribution >= 0.6 is 0 Å². The number of hydrogen-bond donors (Lipinski definition) is 2. The molecule has 0 aromatic heterocycles. The Labute approximate surface area is 85.1 Å². The number of amides is 1. The first-order valence-corrected chi connectivity index (χ1v) is 5.37. The molecular formula is C10H20N2O2. The summed E-state index contributed by atoms with van der Waals surface area (Å²) in [5, 5.41) is 9.41. The molecule has 0 aliphatic carbocycles. The van der Waals surface area contributed by atoms with E-state index < -0.39 is 0 Å². The summed E-state index contributed by atoms with van der Waals surface area (Å²) in [6, 6.07) is -0.384. The van der Waals surface area contributed by atoms with Crippen molar-refractivity contribution in [1.82, 2.24) is 4.90 Å². The number of likely N-dealkylation sites (tertiary alicyclic amines) is 1. The molecule has 1 saturated heterocycles. The van der Waals surface area contributed by atoms with Gasteiger partial charge < -0.3 is 15.7 Å². The first kappa shape index (κ1) is 11.5. The number of aliphatic hydroxyl groups excluding tert-OH is 1. The van der Waals surface area contributed by atoms with E-state index in [-0.39, 0.29) is 18.1 Å². The van der Waals surface area contributed by atoms with Gasteiger partial charge in [0.1, 0.15) is 0 Å². The van der Waals surface area contributed by atoms with Crippen LogP contribution in [0.5, 0.6) is 0 Å². The molecule has 1 aliphatic rings. The fourth-order valence-electron chi connectivity index (χ4n) is 1.82. The van der Waals surface area contributed by atoms with Crippen molar-refractivity contribution in [3.8, 4) is 0 Å². The third-order valence-corrected chi connectivity index (χ3v) is 2.63. The molecule has 1 aliphatic heterocycles. The van der Waals surface area contributed by atoms with E-state index in [1.54, 1.807) is 4.90 Å². The quantitative estimate of drug-likeness (QED) is 0.679. The molecule has 3 N–H and O–H groups in total. The Morgan fingerprint density at radius 2 is 2.43 bits per heavy atom. The summed E-state index contributed by atoms with van der Waals surface area (Å²) >= 11 is 0. The number of nitrogens with zero attached hydrogens (tertiary/aromatic N) is 1. The SMILES string of the molecule is CCC[C@@H](N)C(=O)N1CCCC(O)C1. The smallest absolute Gasteiger partial charge is 0.239 e. The van der Waals surface area contributed by atoms with Crippen LogP contribution in [0.1, 0.15) is 32.6 Å². The third-order valence-electron chi connectivity index (χ3n) is 2.63. The van der Waals surface area contributed by atoms with Gasteiger partial charge in [-0.3, -0.25) is 4.79 Å². The number of carbonyl (C=O) groups is 1. The molecule has 0 bridgehead atoms. The Bertz CT molecular complexity index is 197. The number of carbonyl (C=O) groups excluding carboxylic acids is 1. The van der Waals surface area contributed by atoms with Crippen molar-refractivity contribution >= 4 is 5.91 Å². The van der Waals surface area contributed by atoms with Crippen LogP contribution in [-0.2, 0) is 4.79 Å². The fourth-order valence-corrected chi connectivity index (χ4v) is 1.82. The van der Waals surface area contributed by atoms with Crippen molar-refractivity contribution in [3.63, 3.8) is 0 Å². The van der Waals surface area contributed by atoms with Gasteiger partial charge in [0.15, 0.2) is 0 Å². The van der Waals surface area contributed by atoms with Crippen LogP contribution in [0.25, 0.3) is 0 Å². The number of nitrogens with two attached hydrogens (primary N) is 1. The molecule has 0 aromatic carbocycles. The minimum Gasteiger partial charge on any atom is -0.391 e. The molecule has 0 aromatic rings. The number of rotatable bonds is 3. The second-order valence-electron chi connectivity index (χ2n) is 3.98. The lowest BCUT2D eigenvalue weighted by molar-refractivity contribution is -0.135. The van der Waals surface area contributed by atoms with Crippen LogP contribution in [-0.4, -0.2) is 41.1 Å². The van der Waals surface area contributed by atoms with Gasteiger partial charge in [-0.05, 0) is 19.3 Å². The lowest BCUT2D eigenvalue weighted by atomic mass is 10.1. The van der Waals surface area contributed by atoms with Crippen LogP contribution in [0.15, 0.2) is 0 Å². The van der Waals surface area contributed by atoms with Gasteiger partial charge in [0.2, 0.25) is 5.91 Å². The number of hydrogen-bond acceptors (Lipinski definition) is 3. The molecule has 2 atom stereocenters. The maximum absolute atomic E-state index is 11.7. The lowest BCUT2D eigenvalue weighted by Gasteiger charge is -2.31. The third kappa shape index (κ3) is 2.96. The molecule has 0 spiro atoms. The summed E-state index contributed by atoms with van der Waals surface area (Å²) in [6.45, 7) is 3.21. The maximum Gasteiger partial charge on any atom is 0.239 e. The van der Waals surface area contributed by atoms with Crippen LogP contribution in [0, 0.1) is 0 Å². The zero-order valence-electron chi connectivity index (χ0n) is 8.78. The Morgan fingerprint density at radius 3 is 3.00 bits per heavy atom. The highest BCUT2D eigenvalue weighted by Crippen LogP contribution is 2.11. The summed E-state index contributed by atoms with van der Waals surface area (Å²) in [5.74, 6) is -0.00870. The van der Waals surface area contributed by atoms with E-state index >= 15 is 0 Å². The molecule has 14 heavy (non-hydrogen) atoms. The van der Waals surface area contributed by atoms with Gasteiger partial charge >= 0.3 is 0 Å². The number of aliphatic hydroxyl groups is 1. The highest BCUT2D eigenvalue weighted by Gasteiger charge is 2.25. The molecule has 4 nitrogen and oxygen atoms in total. The Balaban J connectivity index is 2.42. The molecule has 1 unspecified atom stereocenters. The van der Waals surface area contributed by atoms with Crippen molar-refractivity contribution in [2.24, 2.45) is 5.73 Å². The van der Waals surface area contributed by atoms with E-state index in [2.05, 4.69) is 0 Å². The summed E-state index contributed by atoms with van der Waals surface area (Å²) in [7, 11) is 0. The highest BCUT2D eigenvalue weighted by molar-refractivity contribution is 5.81. The molecule has 4 heteroatoms. The van der Waals surface area contributed by atoms with E-state index in [9.17, 15) is 9.90 Å². The monoisotopic (exact) mass is 200 g/mol. The summed E-state index contributed by atoms with van der Waals surface area (Å²) in [5.41, 5.74) is 5.73. The maximum atomic E-state index is 11.7. The molecule has 1 fully saturated rings. The Morgan fingerprint density at radius 1 is 1.71 bits per heavy atom. The van der Waals surface area contributed by atoms with Crippen LogP contribution in [0.2, 0.25) is 0 Å². The largest absolute Gasteiger partial charge is 0.391 e. The first-order chi connectivity index (χ1) is 6.65. The highest BCUT2D eigenvalue weighted by atomic mass is 16.3. The molecule has 82 valence electrons. The fraction of sp³-hybridized carbons (Fsp3) is 0.900. The van der Waals surface area contributed by atoms with Crippen molar-refractivity contribution < 1.29 is 9.90 Å². The molecule has 0 saturated carbocycles. The summed E-state index contributed by atoms with van der Waals surface area (Å²) < 4.78 is 0. The predicted octanol–water partition coefficient (Wildman–Crippen LogP) is 0.0971. The zero-order chi connectivity index (χ0) is 10.6. The molecule has 1 amide bonds. The number of β-amino-alcohol motifs (C(OH)–C–C–N with tert-alkyl or cyclic N) is 1. The first-order valence-electron chi connectivity index (χ1n) is 5.37. The molecule has 1 heterocycles. The van der Waals surface area contributed by atoms with Gasteiger partial charge in [0.25, 0.3) is 0 Å². The Kier molecular flexibility index (Phi) is 4.35. The van der Waals surface area contributed by atoms with Gasteiger partial charge in [-0.25, -0.2) is 0 Å². The van der Waals surface area contributed by atoms with Crippen molar-refractivity contribution in [2.45, 2.75) is 44.8 Å². The van der Waals surface area contributed by atoms with E-state index in [1.165, 1.54) is 0 Å². The zero-order valence-corrected chi connectivity index (χ0v) is 8.78. The molecule has 1 rings (SSSR count). The normalized spacial score (nSPS) is 24.8. The van der Waals surface area contributed by atoms with Crippen LogP contribution in [0.3, 0.4) is 0 Å². The van der Waals surface area contributed by atoms with Crippen molar-refractivity contribution in [3.05, 3.63) is 0 Å². The van der Waals surface area contributed by atoms with Crippen molar-refractivity contribution in [2.75, 3.05) is 13.1 Å². The Hall–Kier alpha value is -0.610. The second-order valence-corrected chi connectivity index (χ2v) is 3.98. The summed E-state index contributed by atoms with van der Waals surface area (Å²) in [6.07, 6.45) is 2.97. The van der Waals surface area contributed by atoms with Gasteiger partial charge in [0, 0.05) is 13.1 Å². The van der Waals surface area contributed by atoms with Crippen molar-refractivity contribution in [1.29, 1.82) is 0 Å². The minimum atomic E-state index is -0.384. The topological polar surface area (TPSA) is 66.6 Å². The van der Waals surface area contributed by atoms with Gasteiger partial charge in [-0.15, -0.1) is 0 Å². The second kappa shape index (κ2) is 5.32. The molecule has 0 radical (unpaired) electrons. The average Bonchev–Trinajstić information content (AvgIpc) is 2.17.